The predicted molar refractivity (Wildman–Crippen MR) is 83.0 cm³/mol. The molecule has 1 unspecified atom stereocenters. The highest BCUT2D eigenvalue weighted by Crippen LogP contribution is 2.19. The van der Waals surface area contributed by atoms with Gasteiger partial charge in [-0.25, -0.2) is 4.98 Å². The first-order valence-electron chi connectivity index (χ1n) is 7.63. The maximum absolute atomic E-state index is 12.2. The van der Waals surface area contributed by atoms with Crippen molar-refractivity contribution in [3.05, 3.63) is 48.8 Å². The summed E-state index contributed by atoms with van der Waals surface area (Å²) in [6.07, 6.45) is 7.23. The van der Waals surface area contributed by atoms with E-state index in [-0.39, 0.29) is 24.2 Å². The molecule has 7 nitrogen and oxygen atoms in total. The number of amides is 2. The third kappa shape index (κ3) is 3.94. The molecule has 3 heterocycles. The van der Waals surface area contributed by atoms with Crippen LogP contribution in [0.25, 0.3) is 0 Å². The molecule has 1 aliphatic rings. The lowest BCUT2D eigenvalue weighted by atomic mass is 10.1. The van der Waals surface area contributed by atoms with Crippen LogP contribution < -0.4 is 5.32 Å². The Morgan fingerprint density at radius 1 is 1.35 bits per heavy atom. The van der Waals surface area contributed by atoms with Crippen molar-refractivity contribution in [1.29, 1.82) is 0 Å². The normalized spacial score (nSPS) is 17.5. The van der Waals surface area contributed by atoms with E-state index in [2.05, 4.69) is 15.3 Å². The number of hydrogen-bond donors (Lipinski definition) is 1. The van der Waals surface area contributed by atoms with Gasteiger partial charge in [-0.2, -0.15) is 0 Å². The van der Waals surface area contributed by atoms with Crippen molar-refractivity contribution in [1.82, 2.24) is 24.8 Å². The summed E-state index contributed by atoms with van der Waals surface area (Å²) in [6, 6.07) is 5.61. The third-order valence-corrected chi connectivity index (χ3v) is 3.89. The standard InChI is InChI=1S/C16H19N5O2/c22-15-9-13(10-21(15)11-14-3-1-2-4-18-14)16(23)19-6-8-20-7-5-17-12-20/h1-5,7,12-13H,6,8-11H2,(H,19,23). The summed E-state index contributed by atoms with van der Waals surface area (Å²) in [5, 5.41) is 2.89. The van der Waals surface area contributed by atoms with Gasteiger partial charge in [0.25, 0.3) is 0 Å². The van der Waals surface area contributed by atoms with E-state index < -0.39 is 0 Å². The van der Waals surface area contributed by atoms with Gasteiger partial charge in [0, 0.05) is 44.6 Å². The Balaban J connectivity index is 1.47. The number of pyridine rings is 1. The van der Waals surface area contributed by atoms with Gasteiger partial charge in [0.1, 0.15) is 0 Å². The fraction of sp³-hybridized carbons (Fsp3) is 0.375. The Kier molecular flexibility index (Phi) is 4.65. The van der Waals surface area contributed by atoms with Gasteiger partial charge in [-0.05, 0) is 12.1 Å². The van der Waals surface area contributed by atoms with Gasteiger partial charge >= 0.3 is 0 Å². The molecule has 120 valence electrons. The second-order valence-corrected chi connectivity index (χ2v) is 5.59. The molecule has 2 amide bonds. The molecular weight excluding hydrogens is 294 g/mol. The SMILES string of the molecule is O=C(NCCn1ccnc1)C1CC(=O)N(Cc2ccccn2)C1. The lowest BCUT2D eigenvalue weighted by Gasteiger charge is -2.16. The maximum Gasteiger partial charge on any atom is 0.225 e. The number of carbonyl (C=O) groups is 2. The van der Waals surface area contributed by atoms with Crippen molar-refractivity contribution in [2.45, 2.75) is 19.5 Å². The monoisotopic (exact) mass is 313 g/mol. The number of aromatic nitrogens is 3. The Labute approximate surface area is 134 Å². The number of imidazole rings is 1. The van der Waals surface area contributed by atoms with E-state index in [1.54, 1.807) is 23.6 Å². The summed E-state index contributed by atoms with van der Waals surface area (Å²) >= 11 is 0. The molecule has 0 saturated carbocycles. The van der Waals surface area contributed by atoms with Crippen molar-refractivity contribution in [2.24, 2.45) is 5.92 Å². The highest BCUT2D eigenvalue weighted by Gasteiger charge is 2.34. The molecule has 1 atom stereocenters. The highest BCUT2D eigenvalue weighted by molar-refractivity contribution is 5.89. The number of hydrogen-bond acceptors (Lipinski definition) is 4. The molecule has 0 aromatic carbocycles. The first-order valence-corrected chi connectivity index (χ1v) is 7.63. The molecule has 1 fully saturated rings. The fourth-order valence-corrected chi connectivity index (χ4v) is 2.66. The van der Waals surface area contributed by atoms with Crippen molar-refractivity contribution in [3.63, 3.8) is 0 Å². The van der Waals surface area contributed by atoms with Crippen LogP contribution in [0.2, 0.25) is 0 Å². The number of nitrogens with zero attached hydrogens (tertiary/aromatic N) is 4. The van der Waals surface area contributed by atoms with E-state index in [9.17, 15) is 9.59 Å². The quantitative estimate of drug-likeness (QED) is 0.839. The lowest BCUT2D eigenvalue weighted by Crippen LogP contribution is -2.34. The van der Waals surface area contributed by atoms with Gasteiger partial charge in [0.05, 0.1) is 24.5 Å². The van der Waals surface area contributed by atoms with Crippen LogP contribution in [0.4, 0.5) is 0 Å². The molecule has 0 bridgehead atoms. The Hall–Kier alpha value is -2.70. The molecule has 0 spiro atoms. The molecular formula is C16H19N5O2. The van der Waals surface area contributed by atoms with Gasteiger partial charge in [-0.15, -0.1) is 0 Å². The summed E-state index contributed by atoms with van der Waals surface area (Å²) < 4.78 is 1.90. The molecule has 1 saturated heterocycles. The number of rotatable bonds is 6. The van der Waals surface area contributed by atoms with E-state index in [1.165, 1.54) is 0 Å². The Morgan fingerprint density at radius 2 is 2.26 bits per heavy atom. The molecule has 0 aliphatic carbocycles. The van der Waals surface area contributed by atoms with Crippen LogP contribution in [0.1, 0.15) is 12.1 Å². The minimum atomic E-state index is -0.283. The second kappa shape index (κ2) is 7.04. The smallest absolute Gasteiger partial charge is 0.225 e. The summed E-state index contributed by atoms with van der Waals surface area (Å²) in [7, 11) is 0. The van der Waals surface area contributed by atoms with Crippen LogP contribution in [0, 0.1) is 5.92 Å². The van der Waals surface area contributed by atoms with Gasteiger partial charge in [0.15, 0.2) is 0 Å². The summed E-state index contributed by atoms with van der Waals surface area (Å²) in [5.74, 6) is -0.346. The highest BCUT2D eigenvalue weighted by atomic mass is 16.2. The molecule has 3 rings (SSSR count). The van der Waals surface area contributed by atoms with Gasteiger partial charge in [0.2, 0.25) is 11.8 Å². The average molecular weight is 313 g/mol. The Bertz CT molecular complexity index is 656. The van der Waals surface area contributed by atoms with E-state index in [1.807, 2.05) is 29.0 Å². The van der Waals surface area contributed by atoms with Crippen molar-refractivity contribution >= 4 is 11.8 Å². The van der Waals surface area contributed by atoms with Crippen LogP contribution in [0.5, 0.6) is 0 Å². The fourth-order valence-electron chi connectivity index (χ4n) is 2.66. The first-order chi connectivity index (χ1) is 11.2. The van der Waals surface area contributed by atoms with Crippen LogP contribution in [-0.4, -0.2) is 44.3 Å². The molecule has 0 radical (unpaired) electrons. The van der Waals surface area contributed by atoms with Crippen LogP contribution in [0.15, 0.2) is 43.1 Å². The zero-order chi connectivity index (χ0) is 16.1. The van der Waals surface area contributed by atoms with Gasteiger partial charge < -0.3 is 14.8 Å². The van der Waals surface area contributed by atoms with Crippen molar-refractivity contribution in [2.75, 3.05) is 13.1 Å². The van der Waals surface area contributed by atoms with E-state index in [0.717, 1.165) is 5.69 Å². The lowest BCUT2D eigenvalue weighted by molar-refractivity contribution is -0.129. The molecule has 2 aromatic rings. The summed E-state index contributed by atoms with van der Waals surface area (Å²) in [4.78, 5) is 34.1. The van der Waals surface area contributed by atoms with Crippen LogP contribution in [0.3, 0.4) is 0 Å². The predicted octanol–water partition coefficient (Wildman–Crippen LogP) is 0.443. The summed E-state index contributed by atoms with van der Waals surface area (Å²) in [5.41, 5.74) is 0.835. The molecule has 1 N–H and O–H groups in total. The summed E-state index contributed by atoms with van der Waals surface area (Å²) in [6.45, 7) is 2.11. The van der Waals surface area contributed by atoms with Gasteiger partial charge in [-0.3, -0.25) is 14.6 Å². The maximum atomic E-state index is 12.2. The van der Waals surface area contributed by atoms with Gasteiger partial charge in [-0.1, -0.05) is 6.07 Å². The topological polar surface area (TPSA) is 80.1 Å². The van der Waals surface area contributed by atoms with Crippen molar-refractivity contribution in [3.8, 4) is 0 Å². The molecule has 1 aliphatic heterocycles. The number of nitrogens with one attached hydrogen (secondary N) is 1. The largest absolute Gasteiger partial charge is 0.354 e. The number of carbonyl (C=O) groups excluding carboxylic acids is 2. The first kappa shape index (κ1) is 15.2. The van der Waals surface area contributed by atoms with E-state index in [0.29, 0.717) is 26.2 Å². The Morgan fingerprint density at radius 3 is 3.00 bits per heavy atom. The van der Waals surface area contributed by atoms with Crippen LogP contribution >= 0.6 is 0 Å². The van der Waals surface area contributed by atoms with Crippen molar-refractivity contribution < 1.29 is 9.59 Å². The average Bonchev–Trinajstić information content (AvgIpc) is 3.19. The van der Waals surface area contributed by atoms with E-state index >= 15 is 0 Å². The second-order valence-electron chi connectivity index (χ2n) is 5.59. The van der Waals surface area contributed by atoms with E-state index in [4.69, 9.17) is 0 Å². The molecule has 2 aromatic heterocycles. The zero-order valence-electron chi connectivity index (χ0n) is 12.8. The zero-order valence-corrected chi connectivity index (χ0v) is 12.8. The minimum Gasteiger partial charge on any atom is -0.354 e. The third-order valence-electron chi connectivity index (χ3n) is 3.89. The molecule has 7 heteroatoms. The minimum absolute atomic E-state index is 0.00501. The molecule has 23 heavy (non-hydrogen) atoms. The van der Waals surface area contributed by atoms with Crippen LogP contribution in [-0.2, 0) is 22.7 Å². The number of likely N-dealkylation sites (tertiary alicyclic amines) is 1.